The number of carbonyl (C=O) groups excluding carboxylic acids is 1. The van der Waals surface area contributed by atoms with Gasteiger partial charge in [-0.1, -0.05) is 0 Å². The van der Waals surface area contributed by atoms with Gasteiger partial charge < -0.3 is 10.1 Å². The van der Waals surface area contributed by atoms with Gasteiger partial charge in [-0.2, -0.15) is 22.0 Å². The Morgan fingerprint density at radius 1 is 1.26 bits per heavy atom. The molecule has 1 aliphatic heterocycles. The van der Waals surface area contributed by atoms with Crippen LogP contribution in [0.15, 0.2) is 36.7 Å². The van der Waals surface area contributed by atoms with Crippen LogP contribution in [-0.4, -0.2) is 30.8 Å². The van der Waals surface area contributed by atoms with Crippen LogP contribution in [0.5, 0.6) is 5.75 Å². The SMILES string of the molecule is COc1cc2c(cc1C(F)(F)C(F)(F)F)N(C(=O)Nc1cccnc1)CC2. The Bertz CT molecular complexity index is 856. The second kappa shape index (κ2) is 6.67. The van der Waals surface area contributed by atoms with Crippen LogP contribution in [0.3, 0.4) is 0 Å². The number of aromatic nitrogens is 1. The zero-order valence-electron chi connectivity index (χ0n) is 14.0. The van der Waals surface area contributed by atoms with Crippen molar-refractivity contribution in [3.63, 3.8) is 0 Å². The summed E-state index contributed by atoms with van der Waals surface area (Å²) < 4.78 is 71.1. The van der Waals surface area contributed by atoms with Crippen LogP contribution in [0.1, 0.15) is 11.1 Å². The van der Waals surface area contributed by atoms with Crippen molar-refractivity contribution < 1.29 is 31.5 Å². The van der Waals surface area contributed by atoms with Crippen molar-refractivity contribution in [3.05, 3.63) is 47.8 Å². The molecule has 1 aliphatic rings. The predicted octanol–water partition coefficient (Wildman–Crippen LogP) is 4.34. The molecule has 0 spiro atoms. The van der Waals surface area contributed by atoms with Crippen molar-refractivity contribution in [2.75, 3.05) is 23.9 Å². The third-order valence-electron chi connectivity index (χ3n) is 4.15. The lowest BCUT2D eigenvalue weighted by atomic mass is 10.0. The van der Waals surface area contributed by atoms with E-state index in [1.54, 1.807) is 12.1 Å². The molecule has 1 aromatic carbocycles. The summed E-state index contributed by atoms with van der Waals surface area (Å²) >= 11 is 0. The second-order valence-corrected chi connectivity index (χ2v) is 5.83. The van der Waals surface area contributed by atoms with Gasteiger partial charge in [-0.25, -0.2) is 4.79 Å². The molecule has 0 bridgehead atoms. The summed E-state index contributed by atoms with van der Waals surface area (Å²) in [7, 11) is 1.01. The highest BCUT2D eigenvalue weighted by molar-refractivity contribution is 6.03. The number of alkyl halides is 5. The van der Waals surface area contributed by atoms with Crippen molar-refractivity contribution in [2.45, 2.75) is 18.5 Å². The number of carbonyl (C=O) groups is 1. The van der Waals surface area contributed by atoms with Crippen molar-refractivity contribution in [2.24, 2.45) is 0 Å². The minimum absolute atomic E-state index is 0.0175. The number of nitrogens with zero attached hydrogens (tertiary/aromatic N) is 2. The molecule has 0 saturated heterocycles. The fourth-order valence-corrected chi connectivity index (χ4v) is 2.82. The number of benzene rings is 1. The zero-order chi connectivity index (χ0) is 19.8. The average molecular weight is 387 g/mol. The van der Waals surface area contributed by atoms with Crippen LogP contribution in [0, 0.1) is 0 Å². The molecular weight excluding hydrogens is 373 g/mol. The number of hydrogen-bond donors (Lipinski definition) is 1. The number of methoxy groups -OCH3 is 1. The zero-order valence-corrected chi connectivity index (χ0v) is 14.0. The molecule has 2 heterocycles. The number of nitrogens with one attached hydrogen (secondary N) is 1. The topological polar surface area (TPSA) is 54.5 Å². The number of ether oxygens (including phenoxy) is 1. The number of hydrogen-bond acceptors (Lipinski definition) is 3. The monoisotopic (exact) mass is 387 g/mol. The molecule has 0 aliphatic carbocycles. The van der Waals surface area contributed by atoms with Crippen LogP contribution < -0.4 is 15.0 Å². The minimum Gasteiger partial charge on any atom is -0.496 e. The fourth-order valence-electron chi connectivity index (χ4n) is 2.82. The van der Waals surface area contributed by atoms with E-state index >= 15 is 0 Å². The Morgan fingerprint density at radius 3 is 2.59 bits per heavy atom. The number of halogens is 5. The van der Waals surface area contributed by atoms with E-state index in [0.717, 1.165) is 18.1 Å². The van der Waals surface area contributed by atoms with Crippen LogP contribution in [0.25, 0.3) is 0 Å². The minimum atomic E-state index is -5.80. The van der Waals surface area contributed by atoms with E-state index in [2.05, 4.69) is 10.3 Å². The number of urea groups is 1. The van der Waals surface area contributed by atoms with E-state index in [-0.39, 0.29) is 12.2 Å². The summed E-state index contributed by atoms with van der Waals surface area (Å²) in [6.45, 7) is 0.131. The average Bonchev–Trinajstić information content (AvgIpc) is 3.03. The van der Waals surface area contributed by atoms with Gasteiger partial charge in [-0.05, 0) is 36.2 Å². The van der Waals surface area contributed by atoms with Gasteiger partial charge in [0.25, 0.3) is 0 Å². The summed E-state index contributed by atoms with van der Waals surface area (Å²) in [5.74, 6) is -5.70. The molecule has 5 nitrogen and oxygen atoms in total. The highest BCUT2D eigenvalue weighted by atomic mass is 19.4. The van der Waals surface area contributed by atoms with Gasteiger partial charge in [0.05, 0.1) is 24.6 Å². The molecule has 0 unspecified atom stereocenters. The maximum absolute atomic E-state index is 13.9. The third kappa shape index (κ3) is 3.38. The quantitative estimate of drug-likeness (QED) is 0.798. The molecular formula is C17H14F5N3O2. The number of pyridine rings is 1. The van der Waals surface area contributed by atoms with Gasteiger partial charge in [0.15, 0.2) is 0 Å². The van der Waals surface area contributed by atoms with E-state index < -0.39 is 29.4 Å². The van der Waals surface area contributed by atoms with E-state index in [4.69, 9.17) is 4.74 Å². The van der Waals surface area contributed by atoms with E-state index in [0.29, 0.717) is 23.7 Å². The lowest BCUT2D eigenvalue weighted by Gasteiger charge is -2.24. The third-order valence-corrected chi connectivity index (χ3v) is 4.15. The smallest absolute Gasteiger partial charge is 0.458 e. The Balaban J connectivity index is 1.98. The summed E-state index contributed by atoms with van der Waals surface area (Å²) in [5.41, 5.74) is -0.548. The molecule has 27 heavy (non-hydrogen) atoms. The number of anilines is 2. The molecule has 0 saturated carbocycles. The van der Waals surface area contributed by atoms with Gasteiger partial charge in [-0.3, -0.25) is 9.88 Å². The van der Waals surface area contributed by atoms with E-state index in [1.807, 2.05) is 0 Å². The Kier molecular flexibility index (Phi) is 4.66. The second-order valence-electron chi connectivity index (χ2n) is 5.83. The molecule has 3 rings (SSSR count). The maximum atomic E-state index is 13.9. The molecule has 1 N–H and O–H groups in total. The summed E-state index contributed by atoms with van der Waals surface area (Å²) in [5, 5.41) is 2.53. The predicted molar refractivity (Wildman–Crippen MR) is 87.2 cm³/mol. The van der Waals surface area contributed by atoms with Gasteiger partial charge in [0.2, 0.25) is 0 Å². The van der Waals surface area contributed by atoms with Crippen LogP contribution in [0.2, 0.25) is 0 Å². The van der Waals surface area contributed by atoms with Crippen molar-refractivity contribution >= 4 is 17.4 Å². The number of rotatable bonds is 3. The molecule has 144 valence electrons. The summed E-state index contributed by atoms with van der Waals surface area (Å²) in [4.78, 5) is 17.4. The lowest BCUT2D eigenvalue weighted by Crippen LogP contribution is -2.35. The normalized spacial score (nSPS) is 14.1. The largest absolute Gasteiger partial charge is 0.496 e. The van der Waals surface area contributed by atoms with Crippen molar-refractivity contribution in [1.82, 2.24) is 4.98 Å². The van der Waals surface area contributed by atoms with Crippen LogP contribution in [-0.2, 0) is 12.3 Å². The molecule has 0 radical (unpaired) electrons. The number of fused-ring (bicyclic) bond motifs is 1. The van der Waals surface area contributed by atoms with E-state index in [9.17, 15) is 26.7 Å². The molecule has 10 heteroatoms. The molecule has 1 aromatic heterocycles. The highest BCUT2D eigenvalue weighted by Gasteiger charge is 2.60. The fraction of sp³-hybridized carbons (Fsp3) is 0.294. The molecule has 0 fully saturated rings. The Labute approximate surface area is 150 Å². The first-order valence-electron chi connectivity index (χ1n) is 7.79. The van der Waals surface area contributed by atoms with Gasteiger partial charge in [-0.15, -0.1) is 0 Å². The Hall–Kier alpha value is -2.91. The Morgan fingerprint density at radius 2 is 2.00 bits per heavy atom. The first kappa shape index (κ1) is 18.9. The van der Waals surface area contributed by atoms with E-state index in [1.165, 1.54) is 12.4 Å². The van der Waals surface area contributed by atoms with Gasteiger partial charge >= 0.3 is 18.1 Å². The molecule has 2 amide bonds. The van der Waals surface area contributed by atoms with Crippen LogP contribution >= 0.6 is 0 Å². The molecule has 0 atom stereocenters. The lowest BCUT2D eigenvalue weighted by molar-refractivity contribution is -0.289. The van der Waals surface area contributed by atoms with Crippen molar-refractivity contribution in [1.29, 1.82) is 0 Å². The summed E-state index contributed by atoms with van der Waals surface area (Å²) in [6.07, 6.45) is -2.62. The first-order valence-corrected chi connectivity index (χ1v) is 7.79. The highest BCUT2D eigenvalue weighted by Crippen LogP contribution is 2.49. The summed E-state index contributed by atoms with van der Waals surface area (Å²) in [6, 6.07) is 4.27. The van der Waals surface area contributed by atoms with Crippen LogP contribution in [0.4, 0.5) is 38.1 Å². The standard InChI is InChI=1S/C17H14F5N3O2/c1-27-14-7-10-4-6-25(15(26)24-11-3-2-5-23-9-11)13(10)8-12(14)16(18,19)17(20,21)22/h2-3,5,7-9H,4,6H2,1H3,(H,24,26). The maximum Gasteiger partial charge on any atom is 0.458 e. The molecule has 2 aromatic rings. The van der Waals surface area contributed by atoms with Gasteiger partial charge in [0.1, 0.15) is 5.75 Å². The van der Waals surface area contributed by atoms with Gasteiger partial charge in [0, 0.05) is 18.4 Å². The number of amides is 2. The van der Waals surface area contributed by atoms with Crippen molar-refractivity contribution in [3.8, 4) is 5.75 Å². The first-order chi connectivity index (χ1) is 12.6.